The summed E-state index contributed by atoms with van der Waals surface area (Å²) in [6.07, 6.45) is 4.86. The van der Waals surface area contributed by atoms with E-state index in [-0.39, 0.29) is 61.5 Å². The molecule has 1 saturated carbocycles. The fourth-order valence-corrected chi connectivity index (χ4v) is 8.42. The summed E-state index contributed by atoms with van der Waals surface area (Å²) in [6, 6.07) is 4.21. The number of aromatic nitrogens is 6. The zero-order valence-electron chi connectivity index (χ0n) is 29.2. The SMILES string of the molecule is CN1CCN(c2cc3c(cc2F)c(=O)c(-c2nnc4sc(-c5cn(CCF)c6c(F)c(N7CCN(C)CC7)c(F)cc6c5=O)nn24)cn3C2CC2)CC1. The second-order valence-corrected chi connectivity index (χ2v) is 15.2. The monoisotopic (exact) mass is 748 g/mol. The number of nitrogens with zero attached hydrogens (tertiary/aromatic N) is 10. The fourth-order valence-electron chi connectivity index (χ4n) is 7.57. The van der Waals surface area contributed by atoms with Crippen LogP contribution < -0.4 is 20.7 Å². The third kappa shape index (κ3) is 5.67. The molecule has 2 saturated heterocycles. The third-order valence-electron chi connectivity index (χ3n) is 10.7. The van der Waals surface area contributed by atoms with Gasteiger partial charge in [0.25, 0.3) is 0 Å². The van der Waals surface area contributed by atoms with Gasteiger partial charge in [-0.2, -0.15) is 9.61 Å². The van der Waals surface area contributed by atoms with Gasteiger partial charge in [0.15, 0.2) is 22.1 Å². The number of halogens is 4. The maximum absolute atomic E-state index is 16.2. The first kappa shape index (κ1) is 33.9. The topological polar surface area (TPSA) is 100 Å². The molecule has 6 aromatic rings. The molecule has 6 heterocycles. The number of anilines is 2. The summed E-state index contributed by atoms with van der Waals surface area (Å²) in [4.78, 5) is 36.2. The van der Waals surface area contributed by atoms with E-state index >= 15 is 13.2 Å². The molecule has 2 aromatic carbocycles. The molecule has 0 amide bonds. The number of aryl methyl sites for hydroxylation is 1. The van der Waals surface area contributed by atoms with Gasteiger partial charge in [0.1, 0.15) is 24.0 Å². The van der Waals surface area contributed by atoms with E-state index in [1.165, 1.54) is 21.3 Å². The molecule has 0 bridgehead atoms. The third-order valence-corrected chi connectivity index (χ3v) is 11.7. The van der Waals surface area contributed by atoms with Gasteiger partial charge in [-0.1, -0.05) is 11.3 Å². The number of rotatable bonds is 7. The van der Waals surface area contributed by atoms with Crippen molar-refractivity contribution in [3.05, 3.63) is 68.5 Å². The Balaban J connectivity index is 1.15. The van der Waals surface area contributed by atoms with Crippen LogP contribution in [0.5, 0.6) is 0 Å². The van der Waals surface area contributed by atoms with Gasteiger partial charge >= 0.3 is 0 Å². The van der Waals surface area contributed by atoms with Gasteiger partial charge in [-0.3, -0.25) is 9.59 Å². The van der Waals surface area contributed by atoms with Crippen molar-refractivity contribution >= 4 is 49.5 Å². The van der Waals surface area contributed by atoms with Crippen LogP contribution in [0.3, 0.4) is 0 Å². The summed E-state index contributed by atoms with van der Waals surface area (Å²) >= 11 is 0.995. The van der Waals surface area contributed by atoms with Crippen molar-refractivity contribution in [2.75, 3.05) is 82.9 Å². The van der Waals surface area contributed by atoms with Crippen molar-refractivity contribution in [3.63, 3.8) is 0 Å². The Hall–Kier alpha value is -4.87. The van der Waals surface area contributed by atoms with Crippen LogP contribution in [0, 0.1) is 17.5 Å². The second-order valence-electron chi connectivity index (χ2n) is 14.2. The van der Waals surface area contributed by atoms with E-state index in [1.54, 1.807) is 17.2 Å². The lowest BCUT2D eigenvalue weighted by Crippen LogP contribution is -2.45. The summed E-state index contributed by atoms with van der Waals surface area (Å²) in [5, 5.41) is 13.2. The highest BCUT2D eigenvalue weighted by molar-refractivity contribution is 7.19. The number of hydrogen-bond acceptors (Lipinski definition) is 10. The zero-order valence-corrected chi connectivity index (χ0v) is 30.0. The Morgan fingerprint density at radius 1 is 0.792 bits per heavy atom. The van der Waals surface area contributed by atoms with Crippen molar-refractivity contribution in [3.8, 4) is 22.0 Å². The smallest absolute Gasteiger partial charge is 0.235 e. The average Bonchev–Trinajstić information content (AvgIpc) is 3.79. The number of fused-ring (bicyclic) bond motifs is 3. The molecule has 12 nitrogen and oxygen atoms in total. The first-order valence-electron chi connectivity index (χ1n) is 17.7. The van der Waals surface area contributed by atoms with E-state index in [0.29, 0.717) is 50.5 Å². The predicted molar refractivity (Wildman–Crippen MR) is 197 cm³/mol. The molecule has 276 valence electrons. The molecule has 0 atom stereocenters. The molecule has 17 heteroatoms. The molecule has 53 heavy (non-hydrogen) atoms. The quantitative estimate of drug-likeness (QED) is 0.221. The lowest BCUT2D eigenvalue weighted by molar-refractivity contribution is 0.310. The molecule has 4 aromatic heterocycles. The number of alkyl halides is 1. The zero-order chi connectivity index (χ0) is 36.7. The highest BCUT2D eigenvalue weighted by Crippen LogP contribution is 2.39. The molecule has 2 aliphatic heterocycles. The van der Waals surface area contributed by atoms with Gasteiger partial charge in [-0.05, 0) is 45.1 Å². The fraction of sp³-hybridized carbons (Fsp3) is 0.417. The number of benzene rings is 2. The maximum Gasteiger partial charge on any atom is 0.235 e. The molecule has 0 N–H and O–H groups in total. The number of piperazine rings is 2. The molecule has 3 fully saturated rings. The largest absolute Gasteiger partial charge is 0.367 e. The lowest BCUT2D eigenvalue weighted by atomic mass is 10.1. The van der Waals surface area contributed by atoms with Crippen molar-refractivity contribution in [1.82, 2.24) is 38.7 Å². The minimum atomic E-state index is -0.919. The minimum Gasteiger partial charge on any atom is -0.367 e. The van der Waals surface area contributed by atoms with Gasteiger partial charge in [-0.25, -0.2) is 17.6 Å². The molecule has 3 aliphatic rings. The van der Waals surface area contributed by atoms with Gasteiger partial charge in [0.05, 0.1) is 39.8 Å². The van der Waals surface area contributed by atoms with Gasteiger partial charge in [0.2, 0.25) is 10.4 Å². The summed E-state index contributed by atoms with van der Waals surface area (Å²) in [6.45, 7) is 3.82. The highest BCUT2D eigenvalue weighted by atomic mass is 32.1. The number of likely N-dealkylation sites (N-methyl/N-ethyl adjacent to an activating group) is 2. The van der Waals surface area contributed by atoms with E-state index in [9.17, 15) is 14.0 Å². The summed E-state index contributed by atoms with van der Waals surface area (Å²) in [5.74, 6) is -2.18. The highest BCUT2D eigenvalue weighted by Gasteiger charge is 2.30. The molecule has 9 rings (SSSR count). The van der Waals surface area contributed by atoms with Gasteiger partial charge in [-0.15, -0.1) is 10.2 Å². The summed E-state index contributed by atoms with van der Waals surface area (Å²) in [5.41, 5.74) is -0.297. The number of pyridine rings is 2. The van der Waals surface area contributed by atoms with Gasteiger partial charge in [0, 0.05) is 76.2 Å². The summed E-state index contributed by atoms with van der Waals surface area (Å²) in [7, 11) is 3.96. The molecule has 1 aliphatic carbocycles. The van der Waals surface area contributed by atoms with E-state index in [0.717, 1.165) is 43.3 Å². The van der Waals surface area contributed by atoms with Crippen molar-refractivity contribution in [2.24, 2.45) is 0 Å². The first-order chi connectivity index (χ1) is 25.6. The Kier molecular flexibility index (Phi) is 8.27. The molecule has 0 radical (unpaired) electrons. The van der Waals surface area contributed by atoms with E-state index in [1.807, 2.05) is 23.6 Å². The van der Waals surface area contributed by atoms with Crippen LogP contribution in [-0.4, -0.2) is 112 Å². The molecule has 0 unspecified atom stereocenters. The van der Waals surface area contributed by atoms with Crippen molar-refractivity contribution in [1.29, 1.82) is 0 Å². The Labute approximate surface area is 304 Å². The second kappa shape index (κ2) is 12.9. The van der Waals surface area contributed by atoms with Crippen molar-refractivity contribution < 1.29 is 17.6 Å². The standard InChI is InChI=1S/C36H36F4N10O2S/c1-44-7-11-46(12-8-44)28-17-27-21(15-25(28)38)32(51)23(19-49(27)20-3-4-20)34-41-42-36-50(34)43-35(53-36)24-18-48(6-5-37)30-22(33(24)52)16-26(39)31(29(30)40)47-13-9-45(2)10-14-47/h15-20H,3-14H2,1-2H3. The first-order valence-corrected chi connectivity index (χ1v) is 18.5. The molecule has 0 spiro atoms. The Morgan fingerprint density at radius 2 is 1.45 bits per heavy atom. The van der Waals surface area contributed by atoms with Crippen LogP contribution in [0.25, 0.3) is 48.7 Å². The Morgan fingerprint density at radius 3 is 2.13 bits per heavy atom. The number of hydrogen-bond donors (Lipinski definition) is 0. The van der Waals surface area contributed by atoms with Crippen LogP contribution in [-0.2, 0) is 6.54 Å². The maximum atomic E-state index is 16.2. The summed E-state index contributed by atoms with van der Waals surface area (Å²) < 4.78 is 66.1. The lowest BCUT2D eigenvalue weighted by Gasteiger charge is -2.34. The average molecular weight is 749 g/mol. The van der Waals surface area contributed by atoms with Crippen LogP contribution in [0.2, 0.25) is 0 Å². The van der Waals surface area contributed by atoms with Crippen LogP contribution in [0.4, 0.5) is 28.9 Å². The predicted octanol–water partition coefficient (Wildman–Crippen LogP) is 4.37. The van der Waals surface area contributed by atoms with Crippen molar-refractivity contribution in [2.45, 2.75) is 25.4 Å². The van der Waals surface area contributed by atoms with E-state index in [4.69, 9.17) is 0 Å². The Bertz CT molecular complexity index is 2550. The van der Waals surface area contributed by atoms with Crippen LogP contribution >= 0.6 is 11.3 Å². The van der Waals surface area contributed by atoms with Gasteiger partial charge < -0.3 is 28.7 Å². The van der Waals surface area contributed by atoms with E-state index in [2.05, 4.69) is 25.1 Å². The van der Waals surface area contributed by atoms with Crippen LogP contribution in [0.15, 0.2) is 40.2 Å². The minimum absolute atomic E-state index is 0.00837. The van der Waals surface area contributed by atoms with Crippen LogP contribution in [0.1, 0.15) is 18.9 Å². The molecular formula is C36H36F4N10O2S. The molecular weight excluding hydrogens is 713 g/mol. The van der Waals surface area contributed by atoms with E-state index < -0.39 is 35.0 Å². The normalized spacial score (nSPS) is 17.6.